The monoisotopic (exact) mass is 87.1 g/mol. The molecular formula is C4H11N2+. The van der Waals surface area contributed by atoms with Gasteiger partial charge in [-0.3, -0.25) is 5.84 Å². The summed E-state index contributed by atoms with van der Waals surface area (Å²) in [7, 11) is 0. The Morgan fingerprint density at radius 3 is 1.83 bits per heavy atom. The van der Waals surface area contributed by atoms with Crippen LogP contribution in [0, 0.1) is 0 Å². The molecule has 1 aliphatic rings. The third kappa shape index (κ3) is 0.698. The van der Waals surface area contributed by atoms with Crippen molar-refractivity contribution < 1.29 is 5.84 Å². The second-order valence-electron chi connectivity index (χ2n) is 1.83. The number of hydrogen-bond donors (Lipinski definition) is 1. The maximum Gasteiger partial charge on any atom is 0.0473 e. The van der Waals surface area contributed by atoms with E-state index in [1.165, 1.54) is 25.9 Å². The fourth-order valence-corrected chi connectivity index (χ4v) is 0.783. The van der Waals surface area contributed by atoms with E-state index in [1.54, 1.807) is 0 Å². The van der Waals surface area contributed by atoms with Gasteiger partial charge in [0.25, 0.3) is 0 Å². The zero-order valence-corrected chi connectivity index (χ0v) is 3.98. The molecule has 0 aromatic carbocycles. The molecule has 1 heterocycles. The van der Waals surface area contributed by atoms with Crippen molar-refractivity contribution in [2.45, 2.75) is 12.8 Å². The average Bonchev–Trinajstić information content (AvgIpc) is 1.86. The lowest BCUT2D eigenvalue weighted by atomic mass is 10.4. The summed E-state index contributed by atoms with van der Waals surface area (Å²) in [6.07, 6.45) is 2.70. The molecule has 36 valence electrons. The minimum absolute atomic E-state index is 1.21. The van der Waals surface area contributed by atoms with Crippen molar-refractivity contribution >= 4 is 0 Å². The van der Waals surface area contributed by atoms with Gasteiger partial charge in [-0.15, -0.1) is 0 Å². The molecular weight excluding hydrogens is 76.1 g/mol. The molecule has 0 bridgehead atoms. The largest absolute Gasteiger partial charge is 0.278 e. The Kier molecular flexibility index (Phi) is 1.08. The van der Waals surface area contributed by atoms with Gasteiger partial charge in [-0.25, -0.2) is 0 Å². The molecule has 0 amide bonds. The van der Waals surface area contributed by atoms with Crippen LogP contribution in [0.25, 0.3) is 0 Å². The molecule has 1 rings (SSSR count). The Labute approximate surface area is 37.9 Å². The van der Waals surface area contributed by atoms with Gasteiger partial charge in [-0.1, -0.05) is 0 Å². The summed E-state index contributed by atoms with van der Waals surface area (Å²) >= 11 is 0. The van der Waals surface area contributed by atoms with Crippen molar-refractivity contribution in [1.82, 2.24) is 5.01 Å². The minimum Gasteiger partial charge on any atom is -0.278 e. The first-order valence-electron chi connectivity index (χ1n) is 2.45. The third-order valence-corrected chi connectivity index (χ3v) is 1.20. The van der Waals surface area contributed by atoms with Gasteiger partial charge in [-0.05, 0) is 12.8 Å². The molecule has 3 N–H and O–H groups in total. The molecule has 2 nitrogen and oxygen atoms in total. The van der Waals surface area contributed by atoms with E-state index in [4.69, 9.17) is 0 Å². The predicted octanol–water partition coefficient (Wildman–Crippen LogP) is -0.761. The summed E-state index contributed by atoms with van der Waals surface area (Å²) in [6.45, 7) is 2.42. The highest BCUT2D eigenvalue weighted by Crippen LogP contribution is 1.98. The molecule has 0 atom stereocenters. The van der Waals surface area contributed by atoms with Gasteiger partial charge in [0.1, 0.15) is 0 Å². The number of hydrogen-bond acceptors (Lipinski definition) is 1. The fraction of sp³-hybridized carbons (Fsp3) is 1.00. The topological polar surface area (TPSA) is 30.9 Å². The molecule has 0 saturated carbocycles. The van der Waals surface area contributed by atoms with Gasteiger partial charge in [0, 0.05) is 13.1 Å². The van der Waals surface area contributed by atoms with Crippen molar-refractivity contribution in [3.8, 4) is 0 Å². The highest BCUT2D eigenvalue weighted by atomic mass is 15.4. The van der Waals surface area contributed by atoms with Gasteiger partial charge in [0.2, 0.25) is 0 Å². The standard InChI is InChI=1S/C4H10N2/c5-6-3-1-2-4-6/h1-5H2/p+1. The van der Waals surface area contributed by atoms with Crippen LogP contribution in [0.15, 0.2) is 0 Å². The lowest BCUT2D eigenvalue weighted by Crippen LogP contribution is -2.65. The van der Waals surface area contributed by atoms with Crippen LogP contribution in [-0.2, 0) is 0 Å². The van der Waals surface area contributed by atoms with Crippen molar-refractivity contribution in [1.29, 1.82) is 0 Å². The van der Waals surface area contributed by atoms with E-state index in [-0.39, 0.29) is 0 Å². The Morgan fingerprint density at radius 1 is 1.17 bits per heavy atom. The highest BCUT2D eigenvalue weighted by Gasteiger charge is 2.07. The normalized spacial score (nSPS) is 25.5. The predicted molar refractivity (Wildman–Crippen MR) is 23.7 cm³/mol. The van der Waals surface area contributed by atoms with E-state index in [2.05, 4.69) is 10.9 Å². The summed E-state index contributed by atoms with van der Waals surface area (Å²) in [5.41, 5.74) is 0. The van der Waals surface area contributed by atoms with Crippen LogP contribution < -0.4 is 5.84 Å². The van der Waals surface area contributed by atoms with Crippen molar-refractivity contribution in [3.63, 3.8) is 0 Å². The summed E-state index contributed by atoms with van der Waals surface area (Å²) < 4.78 is 0. The average molecular weight is 87.1 g/mol. The lowest BCUT2D eigenvalue weighted by Gasteiger charge is -1.96. The van der Waals surface area contributed by atoms with Gasteiger partial charge >= 0.3 is 0 Å². The minimum atomic E-state index is 1.21. The summed E-state index contributed by atoms with van der Waals surface area (Å²) in [5.74, 6) is 3.77. The van der Waals surface area contributed by atoms with Crippen molar-refractivity contribution in [2.75, 3.05) is 13.1 Å². The third-order valence-electron chi connectivity index (χ3n) is 1.20. The fourth-order valence-electron chi connectivity index (χ4n) is 0.783. The zero-order valence-electron chi connectivity index (χ0n) is 3.98. The van der Waals surface area contributed by atoms with Crippen LogP contribution in [0.3, 0.4) is 0 Å². The molecule has 0 spiro atoms. The van der Waals surface area contributed by atoms with Crippen LogP contribution in [0.2, 0.25) is 0 Å². The van der Waals surface area contributed by atoms with E-state index in [1.807, 2.05) is 0 Å². The van der Waals surface area contributed by atoms with Crippen LogP contribution >= 0.6 is 0 Å². The smallest absolute Gasteiger partial charge is 0.0473 e. The Morgan fingerprint density at radius 2 is 1.67 bits per heavy atom. The SMILES string of the molecule is [NH3+]N1CCCC1. The summed E-state index contributed by atoms with van der Waals surface area (Å²) in [5, 5.41) is 2.11. The van der Waals surface area contributed by atoms with Gasteiger partial charge in [0.15, 0.2) is 0 Å². The Balaban J connectivity index is 2.18. The second-order valence-corrected chi connectivity index (χ2v) is 1.83. The molecule has 0 unspecified atom stereocenters. The van der Waals surface area contributed by atoms with Crippen LogP contribution in [0.1, 0.15) is 12.8 Å². The molecule has 0 radical (unpaired) electrons. The van der Waals surface area contributed by atoms with E-state index >= 15 is 0 Å². The van der Waals surface area contributed by atoms with Crippen molar-refractivity contribution in [3.05, 3.63) is 0 Å². The maximum atomic E-state index is 3.77. The summed E-state index contributed by atoms with van der Waals surface area (Å²) in [4.78, 5) is 0. The first-order valence-corrected chi connectivity index (χ1v) is 2.45. The van der Waals surface area contributed by atoms with E-state index in [9.17, 15) is 0 Å². The first kappa shape index (κ1) is 4.09. The molecule has 1 fully saturated rings. The molecule has 2 heteroatoms. The lowest BCUT2D eigenvalue weighted by molar-refractivity contribution is -0.568. The number of rotatable bonds is 0. The highest BCUT2D eigenvalue weighted by molar-refractivity contribution is 4.54. The molecule has 0 aromatic heterocycles. The van der Waals surface area contributed by atoms with Crippen LogP contribution in [-0.4, -0.2) is 18.1 Å². The van der Waals surface area contributed by atoms with Gasteiger partial charge in [-0.2, -0.15) is 5.01 Å². The Bertz CT molecular complexity index is 38.8. The maximum absolute atomic E-state index is 3.77. The molecule has 6 heavy (non-hydrogen) atoms. The number of nitrogens with zero attached hydrogens (tertiary/aromatic N) is 1. The van der Waals surface area contributed by atoms with Crippen molar-refractivity contribution in [2.24, 2.45) is 0 Å². The van der Waals surface area contributed by atoms with E-state index in [0.717, 1.165) is 0 Å². The quantitative estimate of drug-likeness (QED) is 0.413. The van der Waals surface area contributed by atoms with Gasteiger partial charge in [0.05, 0.1) is 0 Å². The molecule has 1 aliphatic heterocycles. The number of quaternary nitrogens is 1. The molecule has 1 saturated heterocycles. The summed E-state index contributed by atoms with van der Waals surface area (Å²) in [6, 6.07) is 0. The van der Waals surface area contributed by atoms with Crippen LogP contribution in [0.5, 0.6) is 0 Å². The first-order chi connectivity index (χ1) is 2.89. The Hall–Kier alpha value is -0.0800. The molecule has 0 aliphatic carbocycles. The zero-order chi connectivity index (χ0) is 4.41. The van der Waals surface area contributed by atoms with Crippen LogP contribution in [0.4, 0.5) is 0 Å². The molecule has 0 aromatic rings. The van der Waals surface area contributed by atoms with Gasteiger partial charge < -0.3 is 0 Å². The second kappa shape index (κ2) is 1.58. The van der Waals surface area contributed by atoms with E-state index in [0.29, 0.717) is 0 Å². The van der Waals surface area contributed by atoms with E-state index < -0.39 is 0 Å².